The summed E-state index contributed by atoms with van der Waals surface area (Å²) in [5.41, 5.74) is 2.49. The van der Waals surface area contributed by atoms with Gasteiger partial charge in [0.25, 0.3) is 0 Å². The van der Waals surface area contributed by atoms with Crippen molar-refractivity contribution >= 4 is 10.9 Å². The minimum absolute atomic E-state index is 0.348. The highest BCUT2D eigenvalue weighted by atomic mass is 16.6. The summed E-state index contributed by atoms with van der Waals surface area (Å²) in [5.74, 6) is 0. The van der Waals surface area contributed by atoms with Crippen LogP contribution in [0.1, 0.15) is 11.7 Å². The van der Waals surface area contributed by atoms with Gasteiger partial charge in [-0.15, -0.1) is 0 Å². The summed E-state index contributed by atoms with van der Waals surface area (Å²) in [4.78, 5) is 3.23. The number of hydrogen-bond acceptors (Lipinski definition) is 1. The Morgan fingerprint density at radius 2 is 2.17 bits per heavy atom. The molecule has 1 fully saturated rings. The lowest BCUT2D eigenvalue weighted by Gasteiger charge is -1.90. The second-order valence-electron chi connectivity index (χ2n) is 3.11. The maximum atomic E-state index is 5.24. The van der Waals surface area contributed by atoms with Gasteiger partial charge in [0.2, 0.25) is 0 Å². The van der Waals surface area contributed by atoms with Gasteiger partial charge in [0.15, 0.2) is 0 Å². The van der Waals surface area contributed by atoms with Crippen LogP contribution < -0.4 is 0 Å². The Balaban J connectivity index is 2.30. The Hall–Kier alpha value is -1.28. The van der Waals surface area contributed by atoms with E-state index in [1.165, 1.54) is 16.5 Å². The fraction of sp³-hybridized carbons (Fsp3) is 0.200. The van der Waals surface area contributed by atoms with Crippen LogP contribution in [0.5, 0.6) is 0 Å². The van der Waals surface area contributed by atoms with Crippen molar-refractivity contribution in [1.82, 2.24) is 4.98 Å². The Morgan fingerprint density at radius 3 is 3.00 bits per heavy atom. The van der Waals surface area contributed by atoms with Crippen molar-refractivity contribution in [3.05, 3.63) is 36.0 Å². The van der Waals surface area contributed by atoms with Crippen molar-refractivity contribution in [2.24, 2.45) is 0 Å². The van der Waals surface area contributed by atoms with E-state index in [1.807, 2.05) is 12.3 Å². The predicted molar refractivity (Wildman–Crippen MR) is 47.0 cm³/mol. The molecule has 12 heavy (non-hydrogen) atoms. The molecule has 0 saturated carbocycles. The number of benzene rings is 1. The molecule has 2 aromatic rings. The first-order chi connectivity index (χ1) is 5.95. The normalized spacial score (nSPS) is 21.5. The van der Waals surface area contributed by atoms with E-state index in [-0.39, 0.29) is 0 Å². The highest BCUT2D eigenvalue weighted by molar-refractivity contribution is 5.83. The number of nitrogens with one attached hydrogen (secondary N) is 1. The van der Waals surface area contributed by atoms with E-state index in [1.54, 1.807) is 0 Å². The quantitative estimate of drug-likeness (QED) is 0.635. The molecule has 1 aliphatic heterocycles. The van der Waals surface area contributed by atoms with Gasteiger partial charge in [-0.05, 0) is 6.07 Å². The number of aromatic nitrogens is 1. The van der Waals surface area contributed by atoms with Gasteiger partial charge in [0, 0.05) is 22.7 Å². The predicted octanol–water partition coefficient (Wildman–Crippen LogP) is 2.24. The van der Waals surface area contributed by atoms with Gasteiger partial charge < -0.3 is 9.72 Å². The van der Waals surface area contributed by atoms with E-state index >= 15 is 0 Å². The molecule has 0 radical (unpaired) electrons. The minimum atomic E-state index is 0.348. The number of epoxide rings is 1. The van der Waals surface area contributed by atoms with Crippen LogP contribution in [0.15, 0.2) is 30.5 Å². The number of H-pyrrole nitrogens is 1. The number of fused-ring (bicyclic) bond motifs is 1. The van der Waals surface area contributed by atoms with E-state index in [0.29, 0.717) is 6.10 Å². The van der Waals surface area contributed by atoms with Gasteiger partial charge in [0.05, 0.1) is 6.61 Å². The van der Waals surface area contributed by atoms with E-state index in [0.717, 1.165) is 6.61 Å². The van der Waals surface area contributed by atoms with Gasteiger partial charge in [-0.1, -0.05) is 18.2 Å². The van der Waals surface area contributed by atoms with Crippen LogP contribution in [0.25, 0.3) is 10.9 Å². The highest BCUT2D eigenvalue weighted by Crippen LogP contribution is 2.34. The van der Waals surface area contributed by atoms with Crippen LogP contribution in [0.4, 0.5) is 0 Å². The first-order valence-electron chi connectivity index (χ1n) is 4.13. The lowest BCUT2D eigenvalue weighted by molar-refractivity contribution is 0.417. The number of rotatable bonds is 1. The van der Waals surface area contributed by atoms with Crippen LogP contribution in [-0.2, 0) is 4.74 Å². The zero-order valence-corrected chi connectivity index (χ0v) is 6.58. The largest absolute Gasteiger partial charge is 0.368 e. The van der Waals surface area contributed by atoms with Crippen LogP contribution in [0.2, 0.25) is 0 Å². The number of ether oxygens (including phenoxy) is 1. The summed E-state index contributed by atoms with van der Waals surface area (Å²) >= 11 is 0. The molecule has 60 valence electrons. The van der Waals surface area contributed by atoms with E-state index in [2.05, 4.69) is 23.2 Å². The lowest BCUT2D eigenvalue weighted by atomic mass is 10.1. The van der Waals surface area contributed by atoms with Gasteiger partial charge in [-0.25, -0.2) is 0 Å². The van der Waals surface area contributed by atoms with Crippen LogP contribution in [-0.4, -0.2) is 11.6 Å². The molecule has 0 aliphatic carbocycles. The first kappa shape index (κ1) is 6.26. The molecule has 0 unspecified atom stereocenters. The lowest BCUT2D eigenvalue weighted by Crippen LogP contribution is -1.74. The molecule has 2 nitrogen and oxygen atoms in total. The molecule has 1 saturated heterocycles. The maximum absolute atomic E-state index is 5.24. The first-order valence-corrected chi connectivity index (χ1v) is 4.13. The van der Waals surface area contributed by atoms with Crippen molar-refractivity contribution in [2.75, 3.05) is 6.61 Å². The summed E-state index contributed by atoms with van der Waals surface area (Å²) in [5, 5.41) is 1.29. The molecule has 1 aromatic heterocycles. The fourth-order valence-electron chi connectivity index (χ4n) is 1.59. The smallest absolute Gasteiger partial charge is 0.108 e. The monoisotopic (exact) mass is 159 g/mol. The zero-order chi connectivity index (χ0) is 7.97. The van der Waals surface area contributed by atoms with Gasteiger partial charge in [-0.3, -0.25) is 0 Å². The minimum Gasteiger partial charge on any atom is -0.368 e. The molecule has 1 aliphatic rings. The van der Waals surface area contributed by atoms with Gasteiger partial charge in [0.1, 0.15) is 6.10 Å². The molecule has 0 spiro atoms. The van der Waals surface area contributed by atoms with Crippen molar-refractivity contribution < 1.29 is 4.74 Å². The third-order valence-corrected chi connectivity index (χ3v) is 2.30. The average Bonchev–Trinajstić information content (AvgIpc) is 2.86. The Labute approximate surface area is 70.2 Å². The summed E-state index contributed by atoms with van der Waals surface area (Å²) in [6.07, 6.45) is 2.39. The molecule has 1 aromatic carbocycles. The van der Waals surface area contributed by atoms with Crippen LogP contribution in [0, 0.1) is 0 Å². The van der Waals surface area contributed by atoms with E-state index < -0.39 is 0 Å². The standard InChI is InChI=1S/C10H9NO/c1-2-4-9-7(3-1)8(5-11-9)10-6-12-10/h1-5,10-11H,6H2/t10-/m1/s1. The van der Waals surface area contributed by atoms with E-state index in [4.69, 9.17) is 4.74 Å². The second-order valence-corrected chi connectivity index (χ2v) is 3.11. The maximum Gasteiger partial charge on any atom is 0.108 e. The third kappa shape index (κ3) is 0.786. The number of hydrogen-bond donors (Lipinski definition) is 1. The number of aromatic amines is 1. The molecule has 0 amide bonds. The summed E-state index contributed by atoms with van der Waals surface area (Å²) < 4.78 is 5.24. The third-order valence-electron chi connectivity index (χ3n) is 2.30. The van der Waals surface area contributed by atoms with E-state index in [9.17, 15) is 0 Å². The highest BCUT2D eigenvalue weighted by Gasteiger charge is 2.27. The Morgan fingerprint density at radius 1 is 1.33 bits per heavy atom. The van der Waals surface area contributed by atoms with Gasteiger partial charge in [-0.2, -0.15) is 0 Å². The Kier molecular flexibility index (Phi) is 1.10. The molecule has 3 rings (SSSR count). The van der Waals surface area contributed by atoms with Crippen molar-refractivity contribution in [3.8, 4) is 0 Å². The summed E-state index contributed by atoms with van der Waals surface area (Å²) in [6, 6.07) is 8.31. The van der Waals surface area contributed by atoms with Crippen molar-refractivity contribution in [1.29, 1.82) is 0 Å². The molecule has 0 bridgehead atoms. The zero-order valence-electron chi connectivity index (χ0n) is 6.58. The summed E-state index contributed by atoms with van der Waals surface area (Å²) in [6.45, 7) is 0.877. The second kappa shape index (κ2) is 2.11. The molecular weight excluding hydrogens is 150 g/mol. The molecule has 2 heteroatoms. The Bertz CT molecular complexity index is 414. The molecule has 1 atom stereocenters. The van der Waals surface area contributed by atoms with Crippen molar-refractivity contribution in [3.63, 3.8) is 0 Å². The van der Waals surface area contributed by atoms with Crippen LogP contribution in [0.3, 0.4) is 0 Å². The van der Waals surface area contributed by atoms with Gasteiger partial charge >= 0.3 is 0 Å². The molecular formula is C10H9NO. The average molecular weight is 159 g/mol. The number of para-hydroxylation sites is 1. The molecule has 2 heterocycles. The summed E-state index contributed by atoms with van der Waals surface area (Å²) in [7, 11) is 0. The molecule has 1 N–H and O–H groups in total. The van der Waals surface area contributed by atoms with Crippen LogP contribution >= 0.6 is 0 Å². The fourth-order valence-corrected chi connectivity index (χ4v) is 1.59. The topological polar surface area (TPSA) is 28.3 Å². The SMILES string of the molecule is c1ccc2c([C@H]3CO3)c[nH]c2c1. The van der Waals surface area contributed by atoms with Crippen molar-refractivity contribution in [2.45, 2.75) is 6.10 Å².